The maximum Gasteiger partial charge on any atom is 0.122 e. The van der Waals surface area contributed by atoms with Crippen LogP contribution in [0.3, 0.4) is 0 Å². The highest BCUT2D eigenvalue weighted by Gasteiger charge is 1.91. The lowest BCUT2D eigenvalue weighted by Gasteiger charge is -2.01. The van der Waals surface area contributed by atoms with Gasteiger partial charge in [-0.05, 0) is 19.1 Å². The molecule has 2 rings (SSSR count). The minimum atomic E-state index is 0.819. The van der Waals surface area contributed by atoms with Crippen molar-refractivity contribution in [3.05, 3.63) is 60.2 Å². The van der Waals surface area contributed by atoms with E-state index in [-0.39, 0.29) is 0 Å². The third-order valence-electron chi connectivity index (χ3n) is 2.22. The molecule has 0 aliphatic heterocycles. The molecule has 17 heavy (non-hydrogen) atoms. The van der Waals surface area contributed by atoms with Crippen LogP contribution in [0.1, 0.15) is 5.56 Å². The van der Waals surface area contributed by atoms with Crippen LogP contribution in [0.2, 0.25) is 0 Å². The number of aryl methyl sites for hydroxylation is 1. The Morgan fingerprint density at radius 2 is 1.24 bits per heavy atom. The lowest BCUT2D eigenvalue weighted by molar-refractivity contribution is 0.394. The van der Waals surface area contributed by atoms with Crippen molar-refractivity contribution in [3.63, 3.8) is 0 Å². The molecule has 0 saturated carbocycles. The van der Waals surface area contributed by atoms with Gasteiger partial charge in [0.1, 0.15) is 11.5 Å². The number of benzene rings is 2. The number of ether oxygens (including phenoxy) is 2. The normalized spacial score (nSPS) is 8.88. The quantitative estimate of drug-likeness (QED) is 0.783. The Labute approximate surface area is 103 Å². The first-order chi connectivity index (χ1) is 8.26. The summed E-state index contributed by atoms with van der Waals surface area (Å²) in [6, 6.07) is 17.7. The Hall–Kier alpha value is -1.96. The van der Waals surface area contributed by atoms with Gasteiger partial charge in [-0.3, -0.25) is 0 Å². The smallest absolute Gasteiger partial charge is 0.122 e. The van der Waals surface area contributed by atoms with Gasteiger partial charge < -0.3 is 9.47 Å². The van der Waals surface area contributed by atoms with Crippen molar-refractivity contribution in [3.8, 4) is 11.5 Å². The van der Waals surface area contributed by atoms with Crippen molar-refractivity contribution in [1.82, 2.24) is 0 Å². The van der Waals surface area contributed by atoms with E-state index in [1.54, 1.807) is 14.2 Å². The number of hydrogen-bond donors (Lipinski definition) is 0. The number of rotatable bonds is 2. The fraction of sp³-hybridized carbons (Fsp3) is 0.200. The second kappa shape index (κ2) is 7.34. The van der Waals surface area contributed by atoms with Crippen molar-refractivity contribution < 1.29 is 9.47 Å². The van der Waals surface area contributed by atoms with E-state index in [9.17, 15) is 0 Å². The van der Waals surface area contributed by atoms with Gasteiger partial charge in [0.15, 0.2) is 0 Å². The molecule has 2 heteroatoms. The second-order valence-corrected chi connectivity index (χ2v) is 3.54. The first-order valence-electron chi connectivity index (χ1n) is 5.46. The standard InChI is InChI=1S/C8H10O2.C7H8/c1-9-7-4-3-5-8(6-7)10-2;1-7-5-3-2-4-6-7/h3-6H,1-2H3;2-6H,1H3. The summed E-state index contributed by atoms with van der Waals surface area (Å²) in [5, 5.41) is 0. The van der Waals surface area contributed by atoms with Gasteiger partial charge >= 0.3 is 0 Å². The molecule has 0 spiro atoms. The maximum absolute atomic E-state index is 4.98. The van der Waals surface area contributed by atoms with Gasteiger partial charge in [0, 0.05) is 6.07 Å². The Bertz CT molecular complexity index is 405. The van der Waals surface area contributed by atoms with Crippen molar-refractivity contribution in [1.29, 1.82) is 0 Å². The molecule has 0 aromatic heterocycles. The van der Waals surface area contributed by atoms with Crippen molar-refractivity contribution in [2.75, 3.05) is 14.2 Å². The predicted octanol–water partition coefficient (Wildman–Crippen LogP) is 3.70. The van der Waals surface area contributed by atoms with Crippen molar-refractivity contribution >= 4 is 0 Å². The zero-order valence-corrected chi connectivity index (χ0v) is 10.5. The van der Waals surface area contributed by atoms with Gasteiger partial charge in [-0.2, -0.15) is 0 Å². The summed E-state index contributed by atoms with van der Waals surface area (Å²) in [5.41, 5.74) is 1.32. The third-order valence-corrected chi connectivity index (χ3v) is 2.22. The summed E-state index contributed by atoms with van der Waals surface area (Å²) < 4.78 is 9.95. The fourth-order valence-corrected chi connectivity index (χ4v) is 1.26. The monoisotopic (exact) mass is 230 g/mol. The zero-order chi connectivity index (χ0) is 12.5. The summed E-state index contributed by atoms with van der Waals surface area (Å²) in [5.74, 6) is 1.64. The van der Waals surface area contributed by atoms with Gasteiger partial charge in [0.05, 0.1) is 14.2 Å². The van der Waals surface area contributed by atoms with Crippen molar-refractivity contribution in [2.45, 2.75) is 6.92 Å². The molecule has 2 aromatic rings. The second-order valence-electron chi connectivity index (χ2n) is 3.54. The molecular weight excluding hydrogens is 212 g/mol. The molecule has 2 nitrogen and oxygen atoms in total. The Morgan fingerprint density at radius 1 is 0.706 bits per heavy atom. The van der Waals surface area contributed by atoms with Gasteiger partial charge in [-0.25, -0.2) is 0 Å². The summed E-state index contributed by atoms with van der Waals surface area (Å²) in [4.78, 5) is 0. The van der Waals surface area contributed by atoms with E-state index in [1.165, 1.54) is 5.56 Å². The Morgan fingerprint density at radius 3 is 1.59 bits per heavy atom. The largest absolute Gasteiger partial charge is 0.497 e. The molecule has 0 aliphatic rings. The van der Waals surface area contributed by atoms with Crippen LogP contribution in [0.15, 0.2) is 54.6 Å². The highest BCUT2D eigenvalue weighted by atomic mass is 16.5. The van der Waals surface area contributed by atoms with Gasteiger partial charge in [0.25, 0.3) is 0 Å². The molecule has 0 radical (unpaired) electrons. The van der Waals surface area contributed by atoms with Crippen LogP contribution in [0.5, 0.6) is 11.5 Å². The van der Waals surface area contributed by atoms with Crippen LogP contribution in [0, 0.1) is 6.92 Å². The Balaban J connectivity index is 0.000000181. The molecule has 0 aliphatic carbocycles. The average Bonchev–Trinajstić information content (AvgIpc) is 2.40. The van der Waals surface area contributed by atoms with E-state index >= 15 is 0 Å². The highest BCUT2D eigenvalue weighted by Crippen LogP contribution is 2.17. The molecular formula is C15H18O2. The molecule has 2 aromatic carbocycles. The summed E-state index contributed by atoms with van der Waals surface area (Å²) >= 11 is 0. The van der Waals surface area contributed by atoms with E-state index in [2.05, 4.69) is 19.1 Å². The van der Waals surface area contributed by atoms with E-state index in [4.69, 9.17) is 9.47 Å². The number of hydrogen-bond acceptors (Lipinski definition) is 2. The van der Waals surface area contributed by atoms with Crippen LogP contribution in [-0.4, -0.2) is 14.2 Å². The van der Waals surface area contributed by atoms with E-state index in [1.807, 2.05) is 42.5 Å². The minimum absolute atomic E-state index is 0.819. The van der Waals surface area contributed by atoms with Crippen LogP contribution in [-0.2, 0) is 0 Å². The molecule has 0 unspecified atom stereocenters. The van der Waals surface area contributed by atoms with Gasteiger partial charge in [-0.15, -0.1) is 0 Å². The molecule has 0 bridgehead atoms. The van der Waals surface area contributed by atoms with E-state index in [0.717, 1.165) is 11.5 Å². The lowest BCUT2D eigenvalue weighted by Crippen LogP contribution is -1.84. The average molecular weight is 230 g/mol. The topological polar surface area (TPSA) is 18.5 Å². The first-order valence-corrected chi connectivity index (χ1v) is 5.46. The minimum Gasteiger partial charge on any atom is -0.497 e. The lowest BCUT2D eigenvalue weighted by atomic mass is 10.2. The van der Waals surface area contributed by atoms with E-state index < -0.39 is 0 Å². The predicted molar refractivity (Wildman–Crippen MR) is 70.7 cm³/mol. The SMILES string of the molecule is COc1cccc(OC)c1.Cc1ccccc1. The zero-order valence-electron chi connectivity index (χ0n) is 10.5. The van der Waals surface area contributed by atoms with Crippen LogP contribution < -0.4 is 9.47 Å². The molecule has 0 amide bonds. The van der Waals surface area contributed by atoms with Gasteiger partial charge in [-0.1, -0.05) is 42.0 Å². The summed E-state index contributed by atoms with van der Waals surface area (Å²) in [6.45, 7) is 2.08. The molecule has 0 saturated heterocycles. The summed E-state index contributed by atoms with van der Waals surface area (Å²) in [7, 11) is 3.27. The van der Waals surface area contributed by atoms with Gasteiger partial charge in [0.2, 0.25) is 0 Å². The highest BCUT2D eigenvalue weighted by molar-refractivity contribution is 5.32. The first kappa shape index (κ1) is 13.1. The molecule has 0 N–H and O–H groups in total. The summed E-state index contributed by atoms with van der Waals surface area (Å²) in [6.07, 6.45) is 0. The molecule has 0 atom stereocenters. The fourth-order valence-electron chi connectivity index (χ4n) is 1.26. The maximum atomic E-state index is 4.98. The Kier molecular flexibility index (Phi) is 5.66. The van der Waals surface area contributed by atoms with Crippen LogP contribution in [0.25, 0.3) is 0 Å². The van der Waals surface area contributed by atoms with Crippen molar-refractivity contribution in [2.24, 2.45) is 0 Å². The molecule has 0 fully saturated rings. The van der Waals surface area contributed by atoms with Crippen LogP contribution >= 0.6 is 0 Å². The molecule has 0 heterocycles. The number of methoxy groups -OCH3 is 2. The van der Waals surface area contributed by atoms with Crippen LogP contribution in [0.4, 0.5) is 0 Å². The molecule has 90 valence electrons. The van der Waals surface area contributed by atoms with E-state index in [0.29, 0.717) is 0 Å². The third kappa shape index (κ3) is 5.07.